The smallest absolute Gasteiger partial charge is 0.194 e. The second-order valence-corrected chi connectivity index (χ2v) is 7.59. The molecule has 1 N–H and O–H groups in total. The highest BCUT2D eigenvalue weighted by Crippen LogP contribution is 2.29. The largest absolute Gasteiger partial charge is 0.370 e. The number of morpholine rings is 1. The average molecular weight is 348 g/mol. The van der Waals surface area contributed by atoms with Crippen LogP contribution >= 0.6 is 0 Å². The van der Waals surface area contributed by atoms with E-state index in [0.717, 1.165) is 56.1 Å². The lowest BCUT2D eigenvalue weighted by atomic mass is 9.82. The molecule has 1 aliphatic heterocycles. The van der Waals surface area contributed by atoms with Crippen molar-refractivity contribution in [1.29, 1.82) is 0 Å². The van der Waals surface area contributed by atoms with Gasteiger partial charge in [-0.2, -0.15) is 5.10 Å². The first-order valence-corrected chi connectivity index (χ1v) is 9.79. The Morgan fingerprint density at radius 3 is 3.04 bits per heavy atom. The normalized spacial score (nSPS) is 28.2. The molecule has 25 heavy (non-hydrogen) atoms. The minimum atomic E-state index is 0.0704. The predicted molar refractivity (Wildman–Crippen MR) is 101 cm³/mol. The number of guanidine groups is 1. The predicted octanol–water partition coefficient (Wildman–Crippen LogP) is 2.59. The molecule has 3 unspecified atom stereocenters. The molecule has 2 fully saturated rings. The van der Waals surface area contributed by atoms with Crippen LogP contribution in [0.25, 0.3) is 0 Å². The highest BCUT2D eigenvalue weighted by Gasteiger charge is 2.25. The molecule has 1 aromatic rings. The van der Waals surface area contributed by atoms with Gasteiger partial charge in [0, 0.05) is 38.4 Å². The van der Waals surface area contributed by atoms with Crippen molar-refractivity contribution in [2.45, 2.75) is 45.6 Å². The molecular formula is C19H33N5O. The number of nitrogens with zero attached hydrogens (tertiary/aromatic N) is 4. The van der Waals surface area contributed by atoms with E-state index in [1.54, 1.807) is 0 Å². The van der Waals surface area contributed by atoms with Crippen LogP contribution in [0.15, 0.2) is 17.4 Å². The first-order valence-electron chi connectivity index (χ1n) is 9.79. The summed E-state index contributed by atoms with van der Waals surface area (Å²) >= 11 is 0. The van der Waals surface area contributed by atoms with Crippen molar-refractivity contribution in [2.24, 2.45) is 23.9 Å². The zero-order valence-electron chi connectivity index (χ0n) is 15.9. The van der Waals surface area contributed by atoms with Crippen molar-refractivity contribution in [3.8, 4) is 0 Å². The van der Waals surface area contributed by atoms with E-state index in [4.69, 9.17) is 9.73 Å². The number of aromatic nitrogens is 2. The van der Waals surface area contributed by atoms with Gasteiger partial charge in [0.1, 0.15) is 6.10 Å². The van der Waals surface area contributed by atoms with E-state index in [-0.39, 0.29) is 6.10 Å². The summed E-state index contributed by atoms with van der Waals surface area (Å²) in [5.41, 5.74) is 1.14. The van der Waals surface area contributed by atoms with Gasteiger partial charge >= 0.3 is 0 Å². The summed E-state index contributed by atoms with van der Waals surface area (Å²) in [5.74, 6) is 2.64. The summed E-state index contributed by atoms with van der Waals surface area (Å²) in [6.07, 6.45) is 9.41. The second kappa shape index (κ2) is 8.70. The summed E-state index contributed by atoms with van der Waals surface area (Å²) in [5, 5.41) is 7.75. The fourth-order valence-electron chi connectivity index (χ4n) is 4.02. The monoisotopic (exact) mass is 347 g/mol. The molecule has 1 saturated heterocycles. The van der Waals surface area contributed by atoms with Gasteiger partial charge in [0.25, 0.3) is 0 Å². The summed E-state index contributed by atoms with van der Waals surface area (Å²) in [6.45, 7) is 8.81. The lowest BCUT2D eigenvalue weighted by Gasteiger charge is -2.35. The molecule has 3 rings (SSSR count). The van der Waals surface area contributed by atoms with Crippen LogP contribution in [-0.2, 0) is 11.8 Å². The molecule has 1 aliphatic carbocycles. The van der Waals surface area contributed by atoms with Gasteiger partial charge in [0.2, 0.25) is 0 Å². The Balaban J connectivity index is 1.63. The molecule has 2 heterocycles. The number of hydrogen-bond acceptors (Lipinski definition) is 3. The fourth-order valence-corrected chi connectivity index (χ4v) is 4.02. The van der Waals surface area contributed by atoms with Crippen LogP contribution in [0.5, 0.6) is 0 Å². The number of nitrogens with one attached hydrogen (secondary N) is 1. The Kier molecular flexibility index (Phi) is 6.34. The molecule has 0 amide bonds. The topological polar surface area (TPSA) is 54.7 Å². The van der Waals surface area contributed by atoms with Crippen LogP contribution in [-0.4, -0.2) is 53.4 Å². The van der Waals surface area contributed by atoms with Crippen LogP contribution in [0.4, 0.5) is 0 Å². The summed E-state index contributed by atoms with van der Waals surface area (Å²) in [6, 6.07) is 0. The van der Waals surface area contributed by atoms with Gasteiger partial charge in [-0.05, 0) is 31.6 Å². The summed E-state index contributed by atoms with van der Waals surface area (Å²) < 4.78 is 7.80. The van der Waals surface area contributed by atoms with E-state index in [9.17, 15) is 0 Å². The standard InChI is InChI=1S/C19H33N5O/c1-4-20-19(21-11-16-7-5-6-15(2)10-16)24-8-9-25-18(14-24)17-12-22-23(3)13-17/h12-13,15-16,18H,4-11,14H2,1-3H3,(H,20,21). The number of hydrogen-bond donors (Lipinski definition) is 1. The van der Waals surface area contributed by atoms with E-state index in [0.29, 0.717) is 0 Å². The van der Waals surface area contributed by atoms with E-state index >= 15 is 0 Å². The van der Waals surface area contributed by atoms with Gasteiger partial charge in [0.15, 0.2) is 5.96 Å². The third kappa shape index (κ3) is 4.97. The molecular weight excluding hydrogens is 314 g/mol. The van der Waals surface area contributed by atoms with E-state index < -0.39 is 0 Å². The molecule has 1 aromatic heterocycles. The van der Waals surface area contributed by atoms with Crippen LogP contribution in [0, 0.1) is 11.8 Å². The van der Waals surface area contributed by atoms with E-state index in [1.807, 2.05) is 24.1 Å². The number of rotatable bonds is 4. The minimum absolute atomic E-state index is 0.0704. The zero-order chi connectivity index (χ0) is 17.6. The van der Waals surface area contributed by atoms with Crippen LogP contribution in [0.2, 0.25) is 0 Å². The Hall–Kier alpha value is -1.56. The van der Waals surface area contributed by atoms with Crippen LogP contribution in [0.1, 0.15) is 51.2 Å². The van der Waals surface area contributed by atoms with Gasteiger partial charge in [-0.1, -0.05) is 19.8 Å². The SMILES string of the molecule is CCNC(=NCC1CCCC(C)C1)N1CCOC(c2cnn(C)c2)C1. The molecule has 3 atom stereocenters. The average Bonchev–Trinajstić information content (AvgIpc) is 3.05. The zero-order valence-corrected chi connectivity index (χ0v) is 15.9. The Bertz CT molecular complexity index is 570. The first-order chi connectivity index (χ1) is 12.2. The van der Waals surface area contributed by atoms with Crippen molar-refractivity contribution < 1.29 is 4.74 Å². The van der Waals surface area contributed by atoms with Gasteiger partial charge in [-0.15, -0.1) is 0 Å². The van der Waals surface area contributed by atoms with Gasteiger partial charge in [-0.3, -0.25) is 9.67 Å². The molecule has 0 bridgehead atoms. The highest BCUT2D eigenvalue weighted by atomic mass is 16.5. The van der Waals surface area contributed by atoms with Crippen molar-refractivity contribution in [3.05, 3.63) is 18.0 Å². The molecule has 6 heteroatoms. The highest BCUT2D eigenvalue weighted by molar-refractivity contribution is 5.80. The molecule has 6 nitrogen and oxygen atoms in total. The maximum absolute atomic E-state index is 5.97. The minimum Gasteiger partial charge on any atom is -0.370 e. The van der Waals surface area contributed by atoms with Gasteiger partial charge in [-0.25, -0.2) is 0 Å². The Morgan fingerprint density at radius 2 is 2.32 bits per heavy atom. The van der Waals surface area contributed by atoms with Crippen molar-refractivity contribution in [3.63, 3.8) is 0 Å². The maximum Gasteiger partial charge on any atom is 0.194 e. The molecule has 2 aliphatic rings. The maximum atomic E-state index is 5.97. The van der Waals surface area contributed by atoms with E-state index in [2.05, 4.69) is 29.2 Å². The van der Waals surface area contributed by atoms with Crippen LogP contribution in [0.3, 0.4) is 0 Å². The number of aryl methyl sites for hydroxylation is 1. The molecule has 0 spiro atoms. The quantitative estimate of drug-likeness (QED) is 0.672. The summed E-state index contributed by atoms with van der Waals surface area (Å²) in [7, 11) is 1.95. The third-order valence-corrected chi connectivity index (χ3v) is 5.34. The van der Waals surface area contributed by atoms with Crippen molar-refractivity contribution in [2.75, 3.05) is 32.8 Å². The number of aliphatic imine (C=N–C) groups is 1. The Labute approximate surface area is 151 Å². The van der Waals surface area contributed by atoms with Crippen molar-refractivity contribution >= 4 is 5.96 Å². The Morgan fingerprint density at radius 1 is 1.44 bits per heavy atom. The molecule has 140 valence electrons. The van der Waals surface area contributed by atoms with Gasteiger partial charge < -0.3 is 15.0 Å². The summed E-state index contributed by atoms with van der Waals surface area (Å²) in [4.78, 5) is 7.33. The lowest BCUT2D eigenvalue weighted by Crippen LogP contribution is -2.48. The van der Waals surface area contributed by atoms with Crippen LogP contribution < -0.4 is 5.32 Å². The lowest BCUT2D eigenvalue weighted by molar-refractivity contribution is -0.00807. The van der Waals surface area contributed by atoms with Gasteiger partial charge in [0.05, 0.1) is 19.3 Å². The third-order valence-electron chi connectivity index (χ3n) is 5.34. The van der Waals surface area contributed by atoms with E-state index in [1.165, 1.54) is 25.7 Å². The molecule has 1 saturated carbocycles. The molecule has 0 aromatic carbocycles. The number of ether oxygens (including phenoxy) is 1. The molecule has 0 radical (unpaired) electrons. The van der Waals surface area contributed by atoms with Crippen molar-refractivity contribution in [1.82, 2.24) is 20.0 Å². The second-order valence-electron chi connectivity index (χ2n) is 7.59. The first kappa shape index (κ1) is 18.2. The fraction of sp³-hybridized carbons (Fsp3) is 0.789.